The van der Waals surface area contributed by atoms with E-state index in [1.54, 1.807) is 0 Å². The summed E-state index contributed by atoms with van der Waals surface area (Å²) >= 11 is 0. The van der Waals surface area contributed by atoms with Crippen LogP contribution in [0.5, 0.6) is 0 Å². The van der Waals surface area contributed by atoms with Crippen molar-refractivity contribution >= 4 is 30.7 Å². The summed E-state index contributed by atoms with van der Waals surface area (Å²) in [6.07, 6.45) is 1.47. The van der Waals surface area contributed by atoms with Gasteiger partial charge in [0.2, 0.25) is 0 Å². The summed E-state index contributed by atoms with van der Waals surface area (Å²) in [7, 11) is 3.40. The highest BCUT2D eigenvalue weighted by Gasteiger charge is 2.28. The van der Waals surface area contributed by atoms with Crippen LogP contribution < -0.4 is 5.73 Å². The lowest BCUT2D eigenvalue weighted by Gasteiger charge is -2.37. The Morgan fingerprint density at radius 3 is 2.38 bits per heavy atom. The lowest BCUT2D eigenvalue weighted by molar-refractivity contribution is -0.143. The maximum atomic E-state index is 12.3. The van der Waals surface area contributed by atoms with Gasteiger partial charge in [0.15, 0.2) is 0 Å². The van der Waals surface area contributed by atoms with Crippen LogP contribution in [-0.4, -0.2) is 61.6 Å². The third kappa shape index (κ3) is 6.22. The van der Waals surface area contributed by atoms with Gasteiger partial charge in [-0.3, -0.25) is 9.69 Å². The van der Waals surface area contributed by atoms with Gasteiger partial charge in [-0.1, -0.05) is 30.3 Å². The van der Waals surface area contributed by atoms with E-state index < -0.39 is 6.10 Å². The fraction of sp³-hybridized carbons (Fsp3) is 0.588. The molecular weight excluding hydrogens is 349 g/mol. The van der Waals surface area contributed by atoms with Gasteiger partial charge in [-0.05, 0) is 18.4 Å². The van der Waals surface area contributed by atoms with Gasteiger partial charge < -0.3 is 15.4 Å². The predicted octanol–water partition coefficient (Wildman–Crippen LogP) is 1.93. The monoisotopic (exact) mass is 377 g/mol. The number of rotatable bonds is 6. The van der Waals surface area contributed by atoms with Crippen LogP contribution in [-0.2, 0) is 16.1 Å². The zero-order chi connectivity index (χ0) is 15.9. The van der Waals surface area contributed by atoms with E-state index in [2.05, 4.69) is 29.2 Å². The average molecular weight is 378 g/mol. The van der Waals surface area contributed by atoms with Crippen LogP contribution in [0.25, 0.3) is 0 Å². The molecule has 24 heavy (non-hydrogen) atoms. The second-order valence-corrected chi connectivity index (χ2v) is 5.90. The van der Waals surface area contributed by atoms with Crippen LogP contribution in [0.15, 0.2) is 30.3 Å². The van der Waals surface area contributed by atoms with E-state index in [0.717, 1.165) is 32.5 Å². The highest BCUT2D eigenvalue weighted by molar-refractivity contribution is 5.85. The highest BCUT2D eigenvalue weighted by atomic mass is 35.5. The summed E-state index contributed by atoms with van der Waals surface area (Å²) < 4.78 is 5.15. The number of halogens is 2. The third-order valence-electron chi connectivity index (χ3n) is 4.48. The summed E-state index contributed by atoms with van der Waals surface area (Å²) in [5.74, 6) is -0.00786. The van der Waals surface area contributed by atoms with Crippen molar-refractivity contribution in [2.75, 3.05) is 33.8 Å². The van der Waals surface area contributed by atoms with Crippen LogP contribution in [0.2, 0.25) is 0 Å². The number of benzene rings is 1. The molecule has 1 aliphatic rings. The number of methoxy groups -OCH3 is 1. The summed E-state index contributed by atoms with van der Waals surface area (Å²) in [6.45, 7) is 3.23. The molecule has 1 aromatic carbocycles. The Labute approximate surface area is 157 Å². The largest absolute Gasteiger partial charge is 0.370 e. The molecule has 138 valence electrons. The first kappa shape index (κ1) is 23.1. The van der Waals surface area contributed by atoms with Crippen molar-refractivity contribution in [3.05, 3.63) is 35.9 Å². The molecule has 0 saturated carbocycles. The Kier molecular flexibility index (Phi) is 11.2. The van der Waals surface area contributed by atoms with Gasteiger partial charge in [-0.25, -0.2) is 0 Å². The standard InChI is InChI=1S/C17H27N3O2.2ClH/c1-19(17(21)16(12-18)22-2)15-8-10-20(11-9-15)13-14-6-4-3-5-7-14;;/h3-7,15-16H,8-13,18H2,1-2H3;2*1H. The van der Waals surface area contributed by atoms with E-state index in [9.17, 15) is 4.79 Å². The summed E-state index contributed by atoms with van der Waals surface area (Å²) in [6, 6.07) is 10.8. The van der Waals surface area contributed by atoms with Crippen molar-refractivity contribution in [2.45, 2.75) is 31.5 Å². The summed E-state index contributed by atoms with van der Waals surface area (Å²) in [5, 5.41) is 0. The quantitative estimate of drug-likeness (QED) is 0.822. The molecule has 7 heteroatoms. The fourth-order valence-corrected chi connectivity index (χ4v) is 3.01. The van der Waals surface area contributed by atoms with Crippen LogP contribution in [0.1, 0.15) is 18.4 Å². The first-order valence-electron chi connectivity index (χ1n) is 7.91. The SMILES string of the molecule is COC(CN)C(=O)N(C)C1CCN(Cc2ccccc2)CC1.Cl.Cl. The zero-order valence-corrected chi connectivity index (χ0v) is 16.0. The molecule has 0 radical (unpaired) electrons. The first-order valence-corrected chi connectivity index (χ1v) is 7.91. The smallest absolute Gasteiger partial charge is 0.252 e. The number of likely N-dealkylation sites (N-methyl/N-ethyl adjacent to an activating group) is 1. The van der Waals surface area contributed by atoms with E-state index >= 15 is 0 Å². The van der Waals surface area contributed by atoms with Gasteiger partial charge in [-0.15, -0.1) is 24.8 Å². The topological polar surface area (TPSA) is 58.8 Å². The molecule has 2 N–H and O–H groups in total. The second kappa shape index (κ2) is 11.7. The minimum Gasteiger partial charge on any atom is -0.370 e. The molecular formula is C17H29Cl2N3O2. The lowest BCUT2D eigenvalue weighted by Crippen LogP contribution is -2.50. The van der Waals surface area contributed by atoms with Gasteiger partial charge >= 0.3 is 0 Å². The van der Waals surface area contributed by atoms with Gasteiger partial charge in [-0.2, -0.15) is 0 Å². The maximum Gasteiger partial charge on any atom is 0.252 e. The van der Waals surface area contributed by atoms with Crippen LogP contribution in [0.4, 0.5) is 0 Å². The molecule has 1 aliphatic heterocycles. The Bertz CT molecular complexity index is 464. The Balaban J connectivity index is 0.00000264. The number of piperidine rings is 1. The Morgan fingerprint density at radius 2 is 1.88 bits per heavy atom. The van der Waals surface area contributed by atoms with E-state index in [1.807, 2.05) is 18.0 Å². The molecule has 1 saturated heterocycles. The number of amides is 1. The molecule has 1 aromatic rings. The number of carbonyl (C=O) groups is 1. The van der Waals surface area contributed by atoms with Crippen molar-refractivity contribution in [3.63, 3.8) is 0 Å². The van der Waals surface area contributed by atoms with Crippen molar-refractivity contribution < 1.29 is 9.53 Å². The average Bonchev–Trinajstić information content (AvgIpc) is 2.57. The van der Waals surface area contributed by atoms with Crippen molar-refractivity contribution in [1.29, 1.82) is 0 Å². The number of ether oxygens (including phenoxy) is 1. The number of likely N-dealkylation sites (tertiary alicyclic amines) is 1. The molecule has 2 rings (SSSR count). The summed E-state index contributed by atoms with van der Waals surface area (Å²) in [5.41, 5.74) is 6.92. The van der Waals surface area contributed by atoms with E-state index in [4.69, 9.17) is 10.5 Å². The van der Waals surface area contributed by atoms with Crippen LogP contribution in [0, 0.1) is 0 Å². The van der Waals surface area contributed by atoms with Gasteiger partial charge in [0.1, 0.15) is 6.10 Å². The number of hydrogen-bond donors (Lipinski definition) is 1. The molecule has 1 fully saturated rings. The summed E-state index contributed by atoms with van der Waals surface area (Å²) in [4.78, 5) is 16.6. The molecule has 1 unspecified atom stereocenters. The number of nitrogens with zero attached hydrogens (tertiary/aromatic N) is 2. The first-order chi connectivity index (χ1) is 10.7. The van der Waals surface area contributed by atoms with Crippen molar-refractivity contribution in [1.82, 2.24) is 9.80 Å². The molecule has 1 heterocycles. The Morgan fingerprint density at radius 1 is 1.29 bits per heavy atom. The molecule has 0 bridgehead atoms. The van der Waals surface area contributed by atoms with E-state index in [0.29, 0.717) is 0 Å². The van der Waals surface area contributed by atoms with Crippen molar-refractivity contribution in [3.8, 4) is 0 Å². The molecule has 1 atom stereocenters. The maximum absolute atomic E-state index is 12.3. The lowest BCUT2D eigenvalue weighted by atomic mass is 10.0. The van der Waals surface area contributed by atoms with Gasteiger partial charge in [0, 0.05) is 46.4 Å². The number of carbonyl (C=O) groups excluding carboxylic acids is 1. The van der Waals surface area contributed by atoms with Gasteiger partial charge in [0.05, 0.1) is 0 Å². The van der Waals surface area contributed by atoms with Crippen LogP contribution in [0.3, 0.4) is 0 Å². The molecule has 0 spiro atoms. The van der Waals surface area contributed by atoms with E-state index in [-0.39, 0.29) is 43.3 Å². The van der Waals surface area contributed by atoms with Crippen LogP contribution >= 0.6 is 24.8 Å². The minimum absolute atomic E-state index is 0. The molecule has 0 aromatic heterocycles. The number of hydrogen-bond acceptors (Lipinski definition) is 4. The molecule has 0 aliphatic carbocycles. The molecule has 5 nitrogen and oxygen atoms in total. The predicted molar refractivity (Wildman–Crippen MR) is 102 cm³/mol. The Hall–Kier alpha value is -0.850. The normalized spacial score (nSPS) is 16.6. The second-order valence-electron chi connectivity index (χ2n) is 5.90. The van der Waals surface area contributed by atoms with E-state index in [1.165, 1.54) is 12.7 Å². The fourth-order valence-electron chi connectivity index (χ4n) is 3.01. The van der Waals surface area contributed by atoms with Crippen molar-refractivity contribution in [2.24, 2.45) is 5.73 Å². The number of nitrogens with two attached hydrogens (primary N) is 1. The zero-order valence-electron chi connectivity index (χ0n) is 14.4. The highest BCUT2D eigenvalue weighted by Crippen LogP contribution is 2.18. The third-order valence-corrected chi connectivity index (χ3v) is 4.48. The molecule has 1 amide bonds. The minimum atomic E-state index is -0.521. The van der Waals surface area contributed by atoms with Gasteiger partial charge in [0.25, 0.3) is 5.91 Å².